The molecule has 2 aromatic carbocycles. The van der Waals surface area contributed by atoms with Crippen LogP contribution in [0.15, 0.2) is 42.5 Å². The number of hydrogen-bond acceptors (Lipinski definition) is 5. The standard InChI is InChI=1S/C19H21N3O4.ClH/c1-25-13-7-8-16(17(10-13)26-2)22-11-12(9-18(22)23)19(24)21-15-6-4-3-5-14(15)20;/h3-8,10,12H,9,11,20H2,1-2H3,(H,21,24);1H. The van der Waals surface area contributed by atoms with E-state index >= 15 is 0 Å². The maximum atomic E-state index is 12.5. The van der Waals surface area contributed by atoms with Gasteiger partial charge in [0.25, 0.3) is 0 Å². The normalized spacial score (nSPS) is 15.9. The highest BCUT2D eigenvalue weighted by molar-refractivity contribution is 6.05. The molecule has 1 saturated heterocycles. The number of benzene rings is 2. The molecule has 8 heteroatoms. The molecule has 0 aliphatic carbocycles. The second-order valence-electron chi connectivity index (χ2n) is 6.02. The Labute approximate surface area is 163 Å². The third kappa shape index (κ3) is 4.25. The average molecular weight is 392 g/mol. The highest BCUT2D eigenvalue weighted by Gasteiger charge is 2.36. The van der Waals surface area contributed by atoms with Crippen LogP contribution >= 0.6 is 12.4 Å². The maximum Gasteiger partial charge on any atom is 0.229 e. The molecule has 0 radical (unpaired) electrons. The zero-order chi connectivity index (χ0) is 18.7. The number of nitrogens with two attached hydrogens (primary N) is 1. The van der Waals surface area contributed by atoms with Crippen LogP contribution < -0.4 is 25.4 Å². The van der Waals surface area contributed by atoms with Crippen molar-refractivity contribution >= 4 is 41.3 Å². The van der Waals surface area contributed by atoms with Crippen LogP contribution in [0.4, 0.5) is 17.1 Å². The Bertz CT molecular complexity index is 843. The Morgan fingerprint density at radius 2 is 1.93 bits per heavy atom. The lowest BCUT2D eigenvalue weighted by Crippen LogP contribution is -2.28. The van der Waals surface area contributed by atoms with Crippen molar-refractivity contribution < 1.29 is 19.1 Å². The summed E-state index contributed by atoms with van der Waals surface area (Å²) in [5, 5.41) is 2.80. The first-order valence-electron chi connectivity index (χ1n) is 8.21. The molecule has 3 N–H and O–H groups in total. The number of halogens is 1. The van der Waals surface area contributed by atoms with Crippen molar-refractivity contribution in [2.45, 2.75) is 6.42 Å². The summed E-state index contributed by atoms with van der Waals surface area (Å²) in [6.45, 7) is 0.278. The highest BCUT2D eigenvalue weighted by atomic mass is 35.5. The van der Waals surface area contributed by atoms with E-state index in [9.17, 15) is 9.59 Å². The number of anilines is 3. The summed E-state index contributed by atoms with van der Waals surface area (Å²) in [6.07, 6.45) is 0.133. The topological polar surface area (TPSA) is 93.9 Å². The number of ether oxygens (including phenoxy) is 2. The first-order valence-corrected chi connectivity index (χ1v) is 8.21. The minimum Gasteiger partial charge on any atom is -0.497 e. The third-order valence-electron chi connectivity index (χ3n) is 4.39. The van der Waals surface area contributed by atoms with Gasteiger partial charge >= 0.3 is 0 Å². The van der Waals surface area contributed by atoms with E-state index in [1.54, 1.807) is 54.5 Å². The zero-order valence-corrected chi connectivity index (χ0v) is 15.9. The number of carbonyl (C=O) groups excluding carboxylic acids is 2. The summed E-state index contributed by atoms with van der Waals surface area (Å²) < 4.78 is 10.5. The Morgan fingerprint density at radius 3 is 2.59 bits per heavy atom. The number of hydrogen-bond donors (Lipinski definition) is 2. The lowest BCUT2D eigenvalue weighted by atomic mass is 10.1. The molecule has 2 amide bonds. The molecule has 7 nitrogen and oxygen atoms in total. The summed E-state index contributed by atoms with van der Waals surface area (Å²) in [5.41, 5.74) is 7.51. The van der Waals surface area contributed by atoms with Crippen LogP contribution in [0.1, 0.15) is 6.42 Å². The van der Waals surface area contributed by atoms with Crippen molar-refractivity contribution in [3.63, 3.8) is 0 Å². The van der Waals surface area contributed by atoms with Crippen molar-refractivity contribution in [1.29, 1.82) is 0 Å². The summed E-state index contributed by atoms with van der Waals surface area (Å²) >= 11 is 0. The molecule has 1 atom stereocenters. The SMILES string of the molecule is COc1ccc(N2CC(C(=O)Nc3ccccc3N)CC2=O)c(OC)c1.Cl. The van der Waals surface area contributed by atoms with Crippen molar-refractivity contribution in [2.24, 2.45) is 5.92 Å². The van der Waals surface area contributed by atoms with Crippen molar-refractivity contribution in [2.75, 3.05) is 36.7 Å². The van der Waals surface area contributed by atoms with E-state index in [1.165, 1.54) is 7.11 Å². The van der Waals surface area contributed by atoms with Crippen LogP contribution in [-0.2, 0) is 9.59 Å². The summed E-state index contributed by atoms with van der Waals surface area (Å²) in [7, 11) is 3.09. The van der Waals surface area contributed by atoms with E-state index in [0.717, 1.165) is 0 Å². The van der Waals surface area contributed by atoms with E-state index in [4.69, 9.17) is 15.2 Å². The van der Waals surface area contributed by atoms with Crippen LogP contribution in [0.2, 0.25) is 0 Å². The van der Waals surface area contributed by atoms with Crippen LogP contribution in [0.5, 0.6) is 11.5 Å². The van der Waals surface area contributed by atoms with Crippen LogP contribution in [0, 0.1) is 5.92 Å². The van der Waals surface area contributed by atoms with Gasteiger partial charge in [-0.15, -0.1) is 12.4 Å². The molecule has 0 spiro atoms. The van der Waals surface area contributed by atoms with E-state index < -0.39 is 5.92 Å². The van der Waals surface area contributed by atoms with Crippen LogP contribution in [0.3, 0.4) is 0 Å². The third-order valence-corrected chi connectivity index (χ3v) is 4.39. The largest absolute Gasteiger partial charge is 0.497 e. The predicted octanol–water partition coefficient (Wildman–Crippen LogP) is 2.70. The first-order chi connectivity index (χ1) is 12.5. The fourth-order valence-corrected chi connectivity index (χ4v) is 2.97. The van der Waals surface area contributed by atoms with Gasteiger partial charge in [-0.05, 0) is 24.3 Å². The van der Waals surface area contributed by atoms with E-state index in [2.05, 4.69) is 5.32 Å². The molecular formula is C19H22ClN3O4. The van der Waals surface area contributed by atoms with Gasteiger partial charge in [-0.25, -0.2) is 0 Å². The number of nitrogen functional groups attached to an aromatic ring is 1. The lowest BCUT2D eigenvalue weighted by molar-refractivity contribution is -0.122. The van der Waals surface area contributed by atoms with Gasteiger partial charge in [-0.3, -0.25) is 9.59 Å². The first kappa shape index (κ1) is 20.4. The molecule has 144 valence electrons. The van der Waals surface area contributed by atoms with Gasteiger partial charge in [0.2, 0.25) is 11.8 Å². The Morgan fingerprint density at radius 1 is 1.19 bits per heavy atom. The molecule has 1 aliphatic heterocycles. The number of nitrogens with zero attached hydrogens (tertiary/aromatic N) is 1. The second-order valence-corrected chi connectivity index (χ2v) is 6.02. The zero-order valence-electron chi connectivity index (χ0n) is 15.1. The number of carbonyl (C=O) groups is 2. The second kappa shape index (κ2) is 8.64. The minimum absolute atomic E-state index is 0. The number of nitrogens with one attached hydrogen (secondary N) is 1. The smallest absolute Gasteiger partial charge is 0.229 e. The van der Waals surface area contributed by atoms with Gasteiger partial charge in [-0.2, -0.15) is 0 Å². The Balaban J connectivity index is 0.00000261. The number of amides is 2. The molecule has 0 saturated carbocycles. The van der Waals surface area contributed by atoms with Gasteiger partial charge in [0.15, 0.2) is 0 Å². The van der Waals surface area contributed by atoms with E-state index in [0.29, 0.717) is 28.6 Å². The van der Waals surface area contributed by atoms with Crippen LogP contribution in [-0.4, -0.2) is 32.6 Å². The Kier molecular flexibility index (Phi) is 6.52. The van der Waals surface area contributed by atoms with Gasteiger partial charge in [-0.1, -0.05) is 12.1 Å². The average Bonchev–Trinajstić information content (AvgIpc) is 3.04. The Hall–Kier alpha value is -2.93. The van der Waals surface area contributed by atoms with Gasteiger partial charge in [0, 0.05) is 19.0 Å². The van der Waals surface area contributed by atoms with Crippen molar-refractivity contribution in [3.8, 4) is 11.5 Å². The fraction of sp³-hybridized carbons (Fsp3) is 0.263. The van der Waals surface area contributed by atoms with Crippen molar-refractivity contribution in [3.05, 3.63) is 42.5 Å². The lowest BCUT2D eigenvalue weighted by Gasteiger charge is -2.20. The van der Waals surface area contributed by atoms with Gasteiger partial charge < -0.3 is 25.4 Å². The van der Waals surface area contributed by atoms with E-state index in [1.807, 2.05) is 0 Å². The minimum atomic E-state index is -0.464. The molecule has 2 aromatic rings. The molecule has 1 fully saturated rings. The number of rotatable bonds is 5. The predicted molar refractivity (Wildman–Crippen MR) is 107 cm³/mol. The summed E-state index contributed by atoms with van der Waals surface area (Å²) in [4.78, 5) is 26.6. The van der Waals surface area contributed by atoms with E-state index in [-0.39, 0.29) is 37.2 Å². The molecule has 0 bridgehead atoms. The molecule has 1 unspecified atom stereocenters. The molecule has 27 heavy (non-hydrogen) atoms. The molecule has 1 heterocycles. The summed E-state index contributed by atoms with van der Waals surface area (Å²) in [5.74, 6) is 0.326. The highest BCUT2D eigenvalue weighted by Crippen LogP contribution is 2.36. The quantitative estimate of drug-likeness (QED) is 0.764. The van der Waals surface area contributed by atoms with Crippen LogP contribution in [0.25, 0.3) is 0 Å². The fourth-order valence-electron chi connectivity index (χ4n) is 2.97. The monoisotopic (exact) mass is 391 g/mol. The number of methoxy groups -OCH3 is 2. The molecule has 1 aliphatic rings. The van der Waals surface area contributed by atoms with Gasteiger partial charge in [0.05, 0.1) is 37.2 Å². The molecule has 0 aromatic heterocycles. The summed E-state index contributed by atoms with van der Waals surface area (Å²) in [6, 6.07) is 12.2. The molecular weight excluding hydrogens is 370 g/mol. The van der Waals surface area contributed by atoms with Gasteiger partial charge in [0.1, 0.15) is 11.5 Å². The molecule has 3 rings (SSSR count). The maximum absolute atomic E-state index is 12.5. The van der Waals surface area contributed by atoms with Crippen molar-refractivity contribution in [1.82, 2.24) is 0 Å². The number of para-hydroxylation sites is 2.